The molecule has 0 aliphatic carbocycles. The van der Waals surface area contributed by atoms with Crippen molar-refractivity contribution in [2.24, 2.45) is 0 Å². The average molecular weight is 491 g/mol. The largest absolute Gasteiger partial charge is 0.450 e. The Balaban J connectivity index is 1.81. The third-order valence-corrected chi connectivity index (χ3v) is 5.85. The van der Waals surface area contributed by atoms with E-state index in [0.717, 1.165) is 10.0 Å². The van der Waals surface area contributed by atoms with Gasteiger partial charge >= 0.3 is 0 Å². The molecule has 0 saturated carbocycles. The predicted octanol–water partition coefficient (Wildman–Crippen LogP) is 5.57. The highest BCUT2D eigenvalue weighted by atomic mass is 79.9. The van der Waals surface area contributed by atoms with Gasteiger partial charge in [0.1, 0.15) is 5.58 Å². The maximum absolute atomic E-state index is 13.4. The molecule has 1 aliphatic heterocycles. The van der Waals surface area contributed by atoms with Gasteiger partial charge in [0.25, 0.3) is 5.91 Å². The molecule has 0 spiro atoms. The molecule has 1 aromatic heterocycles. The van der Waals surface area contributed by atoms with Crippen LogP contribution < -0.4 is 5.43 Å². The summed E-state index contributed by atoms with van der Waals surface area (Å²) in [5.41, 5.74) is 1.40. The van der Waals surface area contributed by atoms with Gasteiger partial charge in [-0.15, -0.1) is 0 Å². The standard InChI is InChI=1S/C23H21BrClNO4/c1-13(2)29-11-3-10-26-20(14-4-7-16(25)8-5-14)19-21(27)17-12-15(24)6-9-18(17)30-22(19)23(26)28/h4-9,12-13,20H,3,10-11H2,1-2H3/t20-/m0/s1. The quantitative estimate of drug-likeness (QED) is 0.424. The third kappa shape index (κ3) is 3.92. The first-order chi connectivity index (χ1) is 14.4. The molecule has 156 valence electrons. The SMILES string of the molecule is CC(C)OCCCN1C(=O)c2oc3ccc(Br)cc3c(=O)c2[C@@H]1c1ccc(Cl)cc1. The minimum Gasteiger partial charge on any atom is -0.450 e. The number of amides is 1. The van der Waals surface area contributed by atoms with Crippen LogP contribution in [0, 0.1) is 0 Å². The number of fused-ring (bicyclic) bond motifs is 2. The van der Waals surface area contributed by atoms with Gasteiger partial charge < -0.3 is 14.1 Å². The molecular formula is C23H21BrClNO4. The summed E-state index contributed by atoms with van der Waals surface area (Å²) in [6.45, 7) is 4.92. The predicted molar refractivity (Wildman–Crippen MR) is 120 cm³/mol. The molecule has 3 aromatic rings. The van der Waals surface area contributed by atoms with Crippen LogP contribution in [0.3, 0.4) is 0 Å². The Morgan fingerprint density at radius 1 is 1.17 bits per heavy atom. The van der Waals surface area contributed by atoms with E-state index in [9.17, 15) is 9.59 Å². The van der Waals surface area contributed by atoms with Gasteiger partial charge in [-0.05, 0) is 56.2 Å². The number of rotatable bonds is 6. The molecule has 2 aromatic carbocycles. The average Bonchev–Trinajstić information content (AvgIpc) is 2.99. The smallest absolute Gasteiger partial charge is 0.290 e. The Morgan fingerprint density at radius 2 is 1.90 bits per heavy atom. The van der Waals surface area contributed by atoms with Crippen LogP contribution in [0.2, 0.25) is 5.02 Å². The second kappa shape index (κ2) is 8.53. The van der Waals surface area contributed by atoms with Gasteiger partial charge in [0, 0.05) is 22.6 Å². The molecule has 0 unspecified atom stereocenters. The van der Waals surface area contributed by atoms with E-state index in [2.05, 4.69) is 15.9 Å². The fourth-order valence-corrected chi connectivity index (χ4v) is 4.26. The third-order valence-electron chi connectivity index (χ3n) is 5.11. The number of benzene rings is 2. The topological polar surface area (TPSA) is 59.8 Å². The summed E-state index contributed by atoms with van der Waals surface area (Å²) in [5.74, 6) is -0.170. The van der Waals surface area contributed by atoms with Crippen LogP contribution in [0.1, 0.15) is 48.0 Å². The zero-order chi connectivity index (χ0) is 21.4. The molecule has 7 heteroatoms. The maximum atomic E-state index is 13.4. The van der Waals surface area contributed by atoms with Gasteiger partial charge in [-0.2, -0.15) is 0 Å². The number of carbonyl (C=O) groups is 1. The Morgan fingerprint density at radius 3 is 2.60 bits per heavy atom. The first-order valence-corrected chi connectivity index (χ1v) is 11.0. The van der Waals surface area contributed by atoms with Gasteiger partial charge in [-0.3, -0.25) is 9.59 Å². The fourth-order valence-electron chi connectivity index (χ4n) is 3.77. The number of carbonyl (C=O) groups excluding carboxylic acids is 1. The number of halogens is 2. The van der Waals surface area contributed by atoms with E-state index in [4.69, 9.17) is 20.8 Å². The molecule has 0 fully saturated rings. The lowest BCUT2D eigenvalue weighted by atomic mass is 9.98. The molecule has 1 amide bonds. The minimum atomic E-state index is -0.525. The molecule has 1 aliphatic rings. The molecule has 0 bridgehead atoms. The van der Waals surface area contributed by atoms with Gasteiger partial charge in [0.2, 0.25) is 5.76 Å². The van der Waals surface area contributed by atoms with Crippen LogP contribution in [-0.4, -0.2) is 30.1 Å². The van der Waals surface area contributed by atoms with Crippen molar-refractivity contribution in [2.45, 2.75) is 32.4 Å². The zero-order valence-electron chi connectivity index (χ0n) is 16.7. The molecular weight excluding hydrogens is 470 g/mol. The highest BCUT2D eigenvalue weighted by molar-refractivity contribution is 9.10. The Bertz CT molecular complexity index is 1160. The van der Waals surface area contributed by atoms with Gasteiger partial charge in [-0.1, -0.05) is 39.7 Å². The van der Waals surface area contributed by atoms with Crippen LogP contribution >= 0.6 is 27.5 Å². The summed E-state index contributed by atoms with van der Waals surface area (Å²) in [6, 6.07) is 11.9. The molecule has 2 heterocycles. The van der Waals surface area contributed by atoms with Gasteiger partial charge in [0.05, 0.1) is 23.1 Å². The number of hydrogen-bond acceptors (Lipinski definition) is 4. The highest BCUT2D eigenvalue weighted by Gasteiger charge is 2.42. The summed E-state index contributed by atoms with van der Waals surface area (Å²) in [4.78, 5) is 28.4. The van der Waals surface area contributed by atoms with Crippen molar-refractivity contribution < 1.29 is 13.9 Å². The van der Waals surface area contributed by atoms with Crippen molar-refractivity contribution in [2.75, 3.05) is 13.2 Å². The monoisotopic (exact) mass is 489 g/mol. The van der Waals surface area contributed by atoms with Gasteiger partial charge in [-0.25, -0.2) is 0 Å². The zero-order valence-corrected chi connectivity index (χ0v) is 19.0. The van der Waals surface area contributed by atoms with E-state index in [0.29, 0.717) is 41.1 Å². The first kappa shape index (κ1) is 21.1. The van der Waals surface area contributed by atoms with Gasteiger partial charge in [0.15, 0.2) is 5.43 Å². The summed E-state index contributed by atoms with van der Waals surface area (Å²) in [5, 5.41) is 1.04. The second-order valence-corrected chi connectivity index (χ2v) is 8.89. The first-order valence-electron chi connectivity index (χ1n) is 9.81. The van der Waals surface area contributed by atoms with Crippen molar-refractivity contribution in [3.63, 3.8) is 0 Å². The van der Waals surface area contributed by atoms with Crippen LogP contribution in [0.15, 0.2) is 56.1 Å². The van der Waals surface area contributed by atoms with E-state index >= 15 is 0 Å². The van der Waals surface area contributed by atoms with Crippen LogP contribution in [0.5, 0.6) is 0 Å². The maximum Gasteiger partial charge on any atom is 0.290 e. The lowest BCUT2D eigenvalue weighted by molar-refractivity contribution is 0.0593. The normalized spacial score (nSPS) is 16.0. The minimum absolute atomic E-state index is 0.111. The van der Waals surface area contributed by atoms with Crippen LogP contribution in [0.4, 0.5) is 0 Å². The molecule has 30 heavy (non-hydrogen) atoms. The summed E-state index contributed by atoms with van der Waals surface area (Å²) >= 11 is 9.47. The van der Waals surface area contributed by atoms with Crippen molar-refractivity contribution in [1.82, 2.24) is 4.90 Å². The lowest BCUT2D eigenvalue weighted by Crippen LogP contribution is -2.31. The lowest BCUT2D eigenvalue weighted by Gasteiger charge is -2.25. The van der Waals surface area contributed by atoms with E-state index in [1.54, 1.807) is 35.2 Å². The van der Waals surface area contributed by atoms with E-state index in [1.807, 2.05) is 26.0 Å². The van der Waals surface area contributed by atoms with Crippen LogP contribution in [0.25, 0.3) is 11.0 Å². The number of hydrogen-bond donors (Lipinski definition) is 0. The second-order valence-electron chi connectivity index (χ2n) is 7.54. The highest BCUT2D eigenvalue weighted by Crippen LogP contribution is 2.38. The van der Waals surface area contributed by atoms with Crippen molar-refractivity contribution in [1.29, 1.82) is 0 Å². The van der Waals surface area contributed by atoms with E-state index < -0.39 is 6.04 Å². The molecule has 5 nitrogen and oxygen atoms in total. The molecule has 1 atom stereocenters. The summed E-state index contributed by atoms with van der Waals surface area (Å²) in [7, 11) is 0. The Hall–Kier alpha value is -2.15. The van der Waals surface area contributed by atoms with Crippen molar-refractivity contribution in [3.8, 4) is 0 Å². The molecule has 0 radical (unpaired) electrons. The molecule has 0 saturated heterocycles. The van der Waals surface area contributed by atoms with Crippen molar-refractivity contribution in [3.05, 3.63) is 79.1 Å². The Kier molecular flexibility index (Phi) is 6.00. The number of nitrogens with zero attached hydrogens (tertiary/aromatic N) is 1. The van der Waals surface area contributed by atoms with Crippen molar-refractivity contribution >= 4 is 44.4 Å². The molecule has 4 rings (SSSR count). The number of ether oxygens (including phenoxy) is 1. The fraction of sp³-hybridized carbons (Fsp3) is 0.304. The van der Waals surface area contributed by atoms with Crippen LogP contribution in [-0.2, 0) is 4.74 Å². The summed E-state index contributed by atoms with van der Waals surface area (Å²) < 4.78 is 12.3. The van der Waals surface area contributed by atoms with E-state index in [1.165, 1.54) is 0 Å². The molecule has 0 N–H and O–H groups in total. The van der Waals surface area contributed by atoms with E-state index in [-0.39, 0.29) is 23.2 Å². The summed E-state index contributed by atoms with van der Waals surface area (Å²) in [6.07, 6.45) is 0.775. The Labute approximate surface area is 187 Å².